The SMILES string of the molecule is N#CC(c1cc(Cl)ccc1F)N1CCOCC1. The Balaban J connectivity index is 2.28. The lowest BCUT2D eigenvalue weighted by molar-refractivity contribution is 0.0261. The second kappa shape index (κ2) is 5.46. The van der Waals surface area contributed by atoms with Gasteiger partial charge in [0.1, 0.15) is 11.9 Å². The summed E-state index contributed by atoms with van der Waals surface area (Å²) in [5.41, 5.74) is 0.335. The number of nitrogens with zero attached hydrogens (tertiary/aromatic N) is 2. The number of rotatable bonds is 2. The summed E-state index contributed by atoms with van der Waals surface area (Å²) in [6.07, 6.45) is 0. The molecule has 1 aromatic carbocycles. The molecule has 1 aromatic rings. The Morgan fingerprint density at radius 1 is 1.41 bits per heavy atom. The van der Waals surface area contributed by atoms with Gasteiger partial charge >= 0.3 is 0 Å². The van der Waals surface area contributed by atoms with Crippen LogP contribution in [0.5, 0.6) is 0 Å². The van der Waals surface area contributed by atoms with Crippen LogP contribution in [-0.2, 0) is 4.74 Å². The van der Waals surface area contributed by atoms with Crippen molar-refractivity contribution in [2.45, 2.75) is 6.04 Å². The van der Waals surface area contributed by atoms with Crippen molar-refractivity contribution in [2.24, 2.45) is 0 Å². The Labute approximate surface area is 104 Å². The molecule has 1 unspecified atom stereocenters. The van der Waals surface area contributed by atoms with Crippen LogP contribution < -0.4 is 0 Å². The van der Waals surface area contributed by atoms with E-state index in [4.69, 9.17) is 16.3 Å². The quantitative estimate of drug-likeness (QED) is 0.813. The number of benzene rings is 1. The summed E-state index contributed by atoms with van der Waals surface area (Å²) in [5, 5.41) is 9.64. The van der Waals surface area contributed by atoms with Crippen molar-refractivity contribution in [3.63, 3.8) is 0 Å². The van der Waals surface area contributed by atoms with Gasteiger partial charge in [0, 0.05) is 23.7 Å². The number of halogens is 2. The van der Waals surface area contributed by atoms with Gasteiger partial charge in [-0.25, -0.2) is 4.39 Å². The van der Waals surface area contributed by atoms with Crippen LogP contribution in [0, 0.1) is 17.1 Å². The molecule has 90 valence electrons. The van der Waals surface area contributed by atoms with E-state index in [9.17, 15) is 9.65 Å². The lowest BCUT2D eigenvalue weighted by atomic mass is 10.1. The van der Waals surface area contributed by atoms with Crippen LogP contribution in [0.3, 0.4) is 0 Å². The van der Waals surface area contributed by atoms with Gasteiger partial charge < -0.3 is 4.74 Å². The Kier molecular flexibility index (Phi) is 3.95. The van der Waals surface area contributed by atoms with Gasteiger partial charge in [-0.2, -0.15) is 5.26 Å². The van der Waals surface area contributed by atoms with Crippen LogP contribution in [-0.4, -0.2) is 31.2 Å². The zero-order chi connectivity index (χ0) is 12.3. The predicted octanol–water partition coefficient (Wildman–Crippen LogP) is 2.38. The van der Waals surface area contributed by atoms with Gasteiger partial charge in [0.25, 0.3) is 0 Å². The summed E-state index contributed by atoms with van der Waals surface area (Å²) in [5.74, 6) is -0.396. The van der Waals surface area contributed by atoms with E-state index in [1.165, 1.54) is 18.2 Å². The van der Waals surface area contributed by atoms with Gasteiger partial charge in [0.15, 0.2) is 0 Å². The van der Waals surface area contributed by atoms with Gasteiger partial charge in [0.05, 0.1) is 19.3 Å². The molecule has 1 aliphatic rings. The average Bonchev–Trinajstić information content (AvgIpc) is 2.36. The largest absolute Gasteiger partial charge is 0.379 e. The van der Waals surface area contributed by atoms with Gasteiger partial charge in [-0.15, -0.1) is 0 Å². The summed E-state index contributed by atoms with van der Waals surface area (Å²) in [6, 6.07) is 5.82. The van der Waals surface area contributed by atoms with Crippen LogP contribution in [0.2, 0.25) is 5.02 Å². The molecule has 1 fully saturated rings. The molecule has 1 aliphatic heterocycles. The first-order valence-electron chi connectivity index (χ1n) is 5.38. The second-order valence-electron chi connectivity index (χ2n) is 3.85. The van der Waals surface area contributed by atoms with Crippen molar-refractivity contribution in [2.75, 3.05) is 26.3 Å². The fourth-order valence-electron chi connectivity index (χ4n) is 1.91. The van der Waals surface area contributed by atoms with E-state index in [2.05, 4.69) is 6.07 Å². The fourth-order valence-corrected chi connectivity index (χ4v) is 2.09. The normalized spacial score (nSPS) is 18.6. The highest BCUT2D eigenvalue weighted by atomic mass is 35.5. The van der Waals surface area contributed by atoms with Crippen LogP contribution in [0.25, 0.3) is 0 Å². The molecular formula is C12H12ClFN2O. The Morgan fingerprint density at radius 2 is 2.12 bits per heavy atom. The molecule has 0 amide bonds. The van der Waals surface area contributed by atoms with Gasteiger partial charge in [-0.1, -0.05) is 11.6 Å². The molecule has 0 aliphatic carbocycles. The maximum atomic E-state index is 13.7. The van der Waals surface area contributed by atoms with Crippen molar-refractivity contribution in [3.8, 4) is 6.07 Å². The van der Waals surface area contributed by atoms with Crippen molar-refractivity contribution >= 4 is 11.6 Å². The highest BCUT2D eigenvalue weighted by Crippen LogP contribution is 2.26. The summed E-state index contributed by atoms with van der Waals surface area (Å²) in [7, 11) is 0. The molecule has 0 radical (unpaired) electrons. The lowest BCUT2D eigenvalue weighted by Gasteiger charge is -2.30. The molecule has 3 nitrogen and oxygen atoms in total. The Hall–Kier alpha value is -1.15. The molecule has 17 heavy (non-hydrogen) atoms. The Morgan fingerprint density at radius 3 is 2.76 bits per heavy atom. The molecule has 0 N–H and O–H groups in total. The molecule has 0 saturated carbocycles. The monoisotopic (exact) mass is 254 g/mol. The van der Waals surface area contributed by atoms with Crippen molar-refractivity contribution < 1.29 is 9.13 Å². The highest BCUT2D eigenvalue weighted by molar-refractivity contribution is 6.30. The molecule has 2 rings (SSSR count). The van der Waals surface area contributed by atoms with E-state index in [-0.39, 0.29) is 0 Å². The molecule has 1 saturated heterocycles. The van der Waals surface area contributed by atoms with Gasteiger partial charge in [-0.05, 0) is 18.2 Å². The zero-order valence-corrected chi connectivity index (χ0v) is 9.95. The minimum Gasteiger partial charge on any atom is -0.379 e. The van der Waals surface area contributed by atoms with E-state index >= 15 is 0 Å². The van der Waals surface area contributed by atoms with Crippen LogP contribution in [0.4, 0.5) is 4.39 Å². The summed E-state index contributed by atoms with van der Waals surface area (Å²) < 4.78 is 18.9. The molecule has 0 bridgehead atoms. The van der Waals surface area contributed by atoms with Crippen LogP contribution in [0.15, 0.2) is 18.2 Å². The number of hydrogen-bond acceptors (Lipinski definition) is 3. The van der Waals surface area contributed by atoms with Crippen molar-refractivity contribution in [3.05, 3.63) is 34.6 Å². The minimum absolute atomic E-state index is 0.335. The molecule has 0 aromatic heterocycles. The van der Waals surface area contributed by atoms with Crippen molar-refractivity contribution in [1.82, 2.24) is 4.90 Å². The van der Waals surface area contributed by atoms with Crippen molar-refractivity contribution in [1.29, 1.82) is 5.26 Å². The number of hydrogen-bond donors (Lipinski definition) is 0. The second-order valence-corrected chi connectivity index (χ2v) is 4.28. The summed E-state index contributed by atoms with van der Waals surface area (Å²) in [4.78, 5) is 1.90. The minimum atomic E-state index is -0.599. The van der Waals surface area contributed by atoms with Crippen LogP contribution >= 0.6 is 11.6 Å². The van der Waals surface area contributed by atoms with Crippen LogP contribution in [0.1, 0.15) is 11.6 Å². The topological polar surface area (TPSA) is 36.3 Å². The molecular weight excluding hydrogens is 243 g/mol. The maximum absolute atomic E-state index is 13.7. The first-order valence-corrected chi connectivity index (χ1v) is 5.76. The summed E-state index contributed by atoms with van der Waals surface area (Å²) >= 11 is 5.84. The van der Waals surface area contributed by atoms with Gasteiger partial charge in [0.2, 0.25) is 0 Å². The smallest absolute Gasteiger partial charge is 0.129 e. The van der Waals surface area contributed by atoms with E-state index in [1.54, 1.807) is 0 Å². The van der Waals surface area contributed by atoms with E-state index < -0.39 is 11.9 Å². The third kappa shape index (κ3) is 2.75. The first-order chi connectivity index (χ1) is 8.22. The number of morpholine rings is 1. The number of ether oxygens (including phenoxy) is 1. The lowest BCUT2D eigenvalue weighted by Crippen LogP contribution is -2.38. The Bertz CT molecular complexity index is 441. The zero-order valence-electron chi connectivity index (χ0n) is 9.20. The third-order valence-electron chi connectivity index (χ3n) is 2.79. The van der Waals surface area contributed by atoms with E-state index in [0.29, 0.717) is 36.9 Å². The predicted molar refractivity (Wildman–Crippen MR) is 62.2 cm³/mol. The molecule has 5 heteroatoms. The summed E-state index contributed by atoms with van der Waals surface area (Å²) in [6.45, 7) is 2.40. The third-order valence-corrected chi connectivity index (χ3v) is 3.02. The number of nitriles is 1. The van der Waals surface area contributed by atoms with E-state index in [0.717, 1.165) is 0 Å². The molecule has 1 heterocycles. The first kappa shape index (κ1) is 12.3. The van der Waals surface area contributed by atoms with E-state index in [1.807, 2.05) is 4.90 Å². The standard InChI is InChI=1S/C12H12ClFN2O/c13-9-1-2-11(14)10(7-9)12(8-15)16-3-5-17-6-4-16/h1-2,7,12H,3-6H2. The van der Waals surface area contributed by atoms with Gasteiger partial charge in [-0.3, -0.25) is 4.90 Å². The fraction of sp³-hybridized carbons (Fsp3) is 0.417. The molecule has 0 spiro atoms. The maximum Gasteiger partial charge on any atom is 0.129 e. The molecule has 1 atom stereocenters. The highest BCUT2D eigenvalue weighted by Gasteiger charge is 2.24. The average molecular weight is 255 g/mol.